The summed E-state index contributed by atoms with van der Waals surface area (Å²) < 4.78 is 0. The van der Waals surface area contributed by atoms with Crippen molar-refractivity contribution in [1.82, 2.24) is 25.3 Å². The molecule has 2 N–H and O–H groups in total. The highest BCUT2D eigenvalue weighted by molar-refractivity contribution is 5.93. The van der Waals surface area contributed by atoms with Crippen molar-refractivity contribution in [3.63, 3.8) is 0 Å². The van der Waals surface area contributed by atoms with Crippen molar-refractivity contribution in [2.75, 3.05) is 0 Å². The normalized spacial score (nSPS) is 12.2. The lowest BCUT2D eigenvalue weighted by Gasteiger charge is -2.10. The first kappa shape index (κ1) is 17.3. The predicted molar refractivity (Wildman–Crippen MR) is 98.2 cm³/mol. The molecule has 7 heteroatoms. The average molecular weight is 346 g/mol. The van der Waals surface area contributed by atoms with Gasteiger partial charge in [-0.05, 0) is 43.5 Å². The first-order valence-corrected chi connectivity index (χ1v) is 8.21. The molecule has 3 heterocycles. The molecule has 0 spiro atoms. The molecule has 0 saturated carbocycles. The lowest BCUT2D eigenvalue weighted by Crippen LogP contribution is -2.32. The summed E-state index contributed by atoms with van der Waals surface area (Å²) in [5.74, 6) is -0.0236. The van der Waals surface area contributed by atoms with Crippen LogP contribution < -0.4 is 5.32 Å². The molecule has 1 amide bonds. The molecule has 0 bridgehead atoms. The highest BCUT2D eigenvalue weighted by atomic mass is 16.2. The van der Waals surface area contributed by atoms with Gasteiger partial charge < -0.3 is 10.3 Å². The molecule has 130 valence electrons. The minimum Gasteiger partial charge on any atom is -0.347 e. The van der Waals surface area contributed by atoms with E-state index in [1.807, 2.05) is 32.1 Å². The van der Waals surface area contributed by atoms with Crippen LogP contribution >= 0.6 is 0 Å². The second kappa shape index (κ2) is 7.57. The summed E-state index contributed by atoms with van der Waals surface area (Å²) in [4.78, 5) is 27.6. The number of hydrogen-bond donors (Lipinski definition) is 2. The van der Waals surface area contributed by atoms with Gasteiger partial charge in [0.15, 0.2) is 11.5 Å². The number of nitrogens with one attached hydrogen (secondary N) is 2. The SMILES string of the molecule is Cc1c(C#N)cncc1/C=C/C[C@H](C)NC(=O)c1nc2ncccc2[nH]1. The van der Waals surface area contributed by atoms with Gasteiger partial charge >= 0.3 is 0 Å². The maximum Gasteiger partial charge on any atom is 0.287 e. The maximum absolute atomic E-state index is 12.3. The van der Waals surface area contributed by atoms with Gasteiger partial charge in [0.05, 0.1) is 11.1 Å². The van der Waals surface area contributed by atoms with E-state index in [1.54, 1.807) is 24.7 Å². The second-order valence-electron chi connectivity index (χ2n) is 5.99. The third-order valence-electron chi connectivity index (χ3n) is 4.01. The lowest BCUT2D eigenvalue weighted by molar-refractivity contribution is 0.0931. The van der Waals surface area contributed by atoms with Gasteiger partial charge in [-0.1, -0.05) is 12.2 Å². The van der Waals surface area contributed by atoms with Crippen molar-refractivity contribution in [3.05, 3.63) is 59.3 Å². The van der Waals surface area contributed by atoms with Crippen LogP contribution in [0.2, 0.25) is 0 Å². The molecule has 3 aromatic rings. The van der Waals surface area contributed by atoms with E-state index in [9.17, 15) is 4.79 Å². The Morgan fingerprint density at radius 3 is 3.08 bits per heavy atom. The maximum atomic E-state index is 12.3. The van der Waals surface area contributed by atoms with E-state index >= 15 is 0 Å². The molecule has 0 saturated heterocycles. The average Bonchev–Trinajstić information content (AvgIpc) is 3.07. The van der Waals surface area contributed by atoms with Gasteiger partial charge in [0, 0.05) is 24.6 Å². The molecule has 0 aliphatic carbocycles. The van der Waals surface area contributed by atoms with Crippen LogP contribution in [-0.4, -0.2) is 31.9 Å². The number of amides is 1. The Kier molecular flexibility index (Phi) is 5.04. The number of aromatic nitrogens is 4. The van der Waals surface area contributed by atoms with Gasteiger partial charge in [0.1, 0.15) is 6.07 Å². The Labute approximate surface area is 150 Å². The molecule has 0 aliphatic heterocycles. The smallest absolute Gasteiger partial charge is 0.287 e. The fourth-order valence-electron chi connectivity index (χ4n) is 2.52. The van der Waals surface area contributed by atoms with Crippen molar-refractivity contribution < 1.29 is 4.79 Å². The van der Waals surface area contributed by atoms with E-state index in [1.165, 1.54) is 0 Å². The summed E-state index contributed by atoms with van der Waals surface area (Å²) in [5.41, 5.74) is 3.60. The van der Waals surface area contributed by atoms with Crippen LogP contribution in [0.4, 0.5) is 0 Å². The van der Waals surface area contributed by atoms with Gasteiger partial charge in [-0.15, -0.1) is 0 Å². The fourth-order valence-corrected chi connectivity index (χ4v) is 2.52. The fraction of sp³-hybridized carbons (Fsp3) is 0.211. The molecular weight excluding hydrogens is 328 g/mol. The van der Waals surface area contributed by atoms with Crippen LogP contribution in [0.5, 0.6) is 0 Å². The van der Waals surface area contributed by atoms with Crippen molar-refractivity contribution in [2.45, 2.75) is 26.3 Å². The predicted octanol–water partition coefficient (Wildman–Crippen LogP) is 2.75. The Bertz CT molecular complexity index is 981. The zero-order chi connectivity index (χ0) is 18.5. The van der Waals surface area contributed by atoms with E-state index in [0.29, 0.717) is 17.6 Å². The third-order valence-corrected chi connectivity index (χ3v) is 4.01. The molecule has 3 aromatic heterocycles. The molecular formula is C19H18N6O. The quantitative estimate of drug-likeness (QED) is 0.738. The summed E-state index contributed by atoms with van der Waals surface area (Å²) in [6.07, 6.45) is 9.42. The number of carbonyl (C=O) groups excluding carboxylic acids is 1. The van der Waals surface area contributed by atoms with Crippen molar-refractivity contribution in [2.24, 2.45) is 0 Å². The molecule has 0 aromatic carbocycles. The highest BCUT2D eigenvalue weighted by Gasteiger charge is 2.13. The molecule has 0 fully saturated rings. The minimum atomic E-state index is -0.270. The van der Waals surface area contributed by atoms with Gasteiger partial charge in [-0.25, -0.2) is 9.97 Å². The number of imidazole rings is 1. The van der Waals surface area contributed by atoms with Crippen LogP contribution in [0, 0.1) is 18.3 Å². The summed E-state index contributed by atoms with van der Waals surface area (Å²) in [6, 6.07) is 5.65. The third kappa shape index (κ3) is 3.75. The Morgan fingerprint density at radius 1 is 1.46 bits per heavy atom. The Hall–Kier alpha value is -3.53. The summed E-state index contributed by atoms with van der Waals surface area (Å²) in [7, 11) is 0. The summed E-state index contributed by atoms with van der Waals surface area (Å²) in [5, 5.41) is 11.9. The summed E-state index contributed by atoms with van der Waals surface area (Å²) in [6.45, 7) is 3.81. The number of rotatable bonds is 5. The first-order valence-electron chi connectivity index (χ1n) is 8.21. The first-order chi connectivity index (χ1) is 12.6. The molecule has 0 aliphatic rings. The largest absolute Gasteiger partial charge is 0.347 e. The number of pyridine rings is 2. The van der Waals surface area contributed by atoms with Gasteiger partial charge in [-0.3, -0.25) is 9.78 Å². The lowest BCUT2D eigenvalue weighted by atomic mass is 10.1. The molecule has 0 unspecified atom stereocenters. The Balaban J connectivity index is 1.61. The number of nitrogens with zero attached hydrogens (tertiary/aromatic N) is 4. The zero-order valence-electron chi connectivity index (χ0n) is 14.5. The molecule has 1 atom stereocenters. The minimum absolute atomic E-state index is 0.0765. The van der Waals surface area contributed by atoms with Crippen LogP contribution in [0.25, 0.3) is 17.2 Å². The topological polar surface area (TPSA) is 107 Å². The van der Waals surface area contributed by atoms with Crippen molar-refractivity contribution >= 4 is 23.1 Å². The van der Waals surface area contributed by atoms with Crippen LogP contribution in [-0.2, 0) is 0 Å². The van der Waals surface area contributed by atoms with Crippen LogP contribution in [0.1, 0.15) is 40.7 Å². The summed E-state index contributed by atoms with van der Waals surface area (Å²) >= 11 is 0. The van der Waals surface area contributed by atoms with Crippen LogP contribution in [0.3, 0.4) is 0 Å². The monoisotopic (exact) mass is 346 g/mol. The number of aromatic amines is 1. The van der Waals surface area contributed by atoms with E-state index in [4.69, 9.17) is 5.26 Å². The van der Waals surface area contributed by atoms with E-state index < -0.39 is 0 Å². The van der Waals surface area contributed by atoms with Crippen molar-refractivity contribution in [1.29, 1.82) is 5.26 Å². The number of carbonyl (C=O) groups is 1. The highest BCUT2D eigenvalue weighted by Crippen LogP contribution is 2.13. The standard InChI is InChI=1S/C19H18N6O/c1-12(5-3-6-14-10-21-11-15(9-20)13(14)2)23-19(26)18-24-16-7-4-8-22-17(16)25-18/h3-4,6-8,10-12H,5H2,1-2H3,(H,23,26)(H,22,24,25)/b6-3+/t12-/m0/s1. The van der Waals surface area contributed by atoms with E-state index in [-0.39, 0.29) is 17.8 Å². The molecule has 26 heavy (non-hydrogen) atoms. The number of fused-ring (bicyclic) bond motifs is 1. The van der Waals surface area contributed by atoms with E-state index in [0.717, 1.165) is 16.6 Å². The number of hydrogen-bond acceptors (Lipinski definition) is 5. The second-order valence-corrected chi connectivity index (χ2v) is 5.99. The van der Waals surface area contributed by atoms with Gasteiger partial charge in [0.25, 0.3) is 5.91 Å². The number of nitriles is 1. The van der Waals surface area contributed by atoms with Gasteiger partial charge in [0.2, 0.25) is 0 Å². The van der Waals surface area contributed by atoms with Crippen molar-refractivity contribution in [3.8, 4) is 6.07 Å². The molecule has 3 rings (SSSR count). The molecule has 0 radical (unpaired) electrons. The van der Waals surface area contributed by atoms with E-state index in [2.05, 4.69) is 31.3 Å². The Morgan fingerprint density at radius 2 is 2.31 bits per heavy atom. The van der Waals surface area contributed by atoms with Crippen LogP contribution in [0.15, 0.2) is 36.8 Å². The van der Waals surface area contributed by atoms with Gasteiger partial charge in [-0.2, -0.15) is 5.26 Å². The molecule has 7 nitrogen and oxygen atoms in total. The number of H-pyrrole nitrogens is 1. The zero-order valence-corrected chi connectivity index (χ0v) is 14.5.